The van der Waals surface area contributed by atoms with Gasteiger partial charge in [0, 0.05) is 12.6 Å². The Hall–Kier alpha value is -0.820. The first-order valence-corrected chi connectivity index (χ1v) is 9.75. The lowest BCUT2D eigenvalue weighted by molar-refractivity contribution is 0.294. The highest BCUT2D eigenvalue weighted by atomic mass is 35.5. The lowest BCUT2D eigenvalue weighted by Crippen LogP contribution is -2.45. The minimum absolute atomic E-state index is 0. The molecule has 0 aromatic heterocycles. The highest BCUT2D eigenvalue weighted by Gasteiger charge is 2.29. The third-order valence-electron chi connectivity index (χ3n) is 4.66. The first kappa shape index (κ1) is 21.2. The van der Waals surface area contributed by atoms with E-state index in [0.29, 0.717) is 18.2 Å². The van der Waals surface area contributed by atoms with Gasteiger partial charge in [0.2, 0.25) is 10.0 Å². The highest BCUT2D eigenvalue weighted by molar-refractivity contribution is 7.89. The van der Waals surface area contributed by atoms with Crippen LogP contribution in [0.2, 0.25) is 0 Å². The Morgan fingerprint density at radius 3 is 2.42 bits per heavy atom. The molecule has 0 radical (unpaired) electrons. The molecule has 1 aliphatic rings. The molecule has 1 aromatic rings. The molecule has 2 rings (SSSR count). The van der Waals surface area contributed by atoms with Crippen molar-refractivity contribution in [1.82, 2.24) is 4.72 Å². The van der Waals surface area contributed by atoms with Crippen LogP contribution in [0.3, 0.4) is 0 Å². The van der Waals surface area contributed by atoms with E-state index >= 15 is 0 Å². The first-order valence-electron chi connectivity index (χ1n) is 8.26. The number of halogens is 1. The smallest absolute Gasteiger partial charge is 0.244 e. The van der Waals surface area contributed by atoms with E-state index in [4.69, 9.17) is 10.5 Å². The number of hydrogen-bond donors (Lipinski definition) is 2. The number of rotatable bonds is 6. The van der Waals surface area contributed by atoms with Crippen molar-refractivity contribution in [2.45, 2.75) is 56.9 Å². The van der Waals surface area contributed by atoms with Gasteiger partial charge in [-0.3, -0.25) is 0 Å². The molecule has 0 saturated heterocycles. The second-order valence-corrected chi connectivity index (χ2v) is 8.16. The Kier molecular flexibility index (Phi) is 7.99. The Morgan fingerprint density at radius 1 is 1.25 bits per heavy atom. The molecule has 7 heteroatoms. The van der Waals surface area contributed by atoms with Crippen LogP contribution in [0.4, 0.5) is 0 Å². The summed E-state index contributed by atoms with van der Waals surface area (Å²) in [6.07, 6.45) is 5.60. The fourth-order valence-corrected chi connectivity index (χ4v) is 5.16. The van der Waals surface area contributed by atoms with Crippen LogP contribution in [0.25, 0.3) is 0 Å². The number of benzene rings is 1. The van der Waals surface area contributed by atoms with Crippen molar-refractivity contribution in [3.8, 4) is 5.75 Å². The van der Waals surface area contributed by atoms with Crippen LogP contribution in [0.15, 0.2) is 17.0 Å². The second kappa shape index (κ2) is 9.04. The molecule has 0 heterocycles. The van der Waals surface area contributed by atoms with Gasteiger partial charge < -0.3 is 10.5 Å². The number of aryl methyl sites for hydroxylation is 2. The van der Waals surface area contributed by atoms with Gasteiger partial charge in [-0.05, 0) is 49.8 Å². The van der Waals surface area contributed by atoms with Gasteiger partial charge in [0.15, 0.2) is 0 Å². The summed E-state index contributed by atoms with van der Waals surface area (Å²) in [5.74, 6) is 0.725. The molecular weight excluding hydrogens is 348 g/mol. The van der Waals surface area contributed by atoms with Gasteiger partial charge in [0.05, 0.1) is 7.11 Å². The zero-order chi connectivity index (χ0) is 17.0. The molecule has 0 amide bonds. The summed E-state index contributed by atoms with van der Waals surface area (Å²) in [6, 6.07) is 3.35. The Morgan fingerprint density at radius 2 is 1.88 bits per heavy atom. The molecule has 1 fully saturated rings. The number of ether oxygens (including phenoxy) is 1. The van der Waals surface area contributed by atoms with Gasteiger partial charge in [-0.2, -0.15) is 0 Å². The third-order valence-corrected chi connectivity index (χ3v) is 6.15. The molecule has 1 unspecified atom stereocenters. The summed E-state index contributed by atoms with van der Waals surface area (Å²) >= 11 is 0. The molecule has 1 atom stereocenters. The maximum Gasteiger partial charge on any atom is 0.244 e. The number of methoxy groups -OCH3 is 1. The summed E-state index contributed by atoms with van der Waals surface area (Å²) in [6.45, 7) is 4.05. The van der Waals surface area contributed by atoms with Gasteiger partial charge in [0.25, 0.3) is 0 Å². The van der Waals surface area contributed by atoms with E-state index in [1.165, 1.54) is 13.5 Å². The quantitative estimate of drug-likeness (QED) is 0.799. The Labute approximate surface area is 151 Å². The second-order valence-electron chi connectivity index (χ2n) is 6.47. The number of nitrogens with one attached hydrogen (secondary N) is 1. The molecular formula is C17H29ClN2O3S. The third kappa shape index (κ3) is 4.85. The van der Waals surface area contributed by atoms with E-state index in [1.807, 2.05) is 19.9 Å². The highest BCUT2D eigenvalue weighted by Crippen LogP contribution is 2.31. The van der Waals surface area contributed by atoms with Crippen LogP contribution < -0.4 is 15.2 Å². The summed E-state index contributed by atoms with van der Waals surface area (Å²) in [4.78, 5) is 0.201. The topological polar surface area (TPSA) is 81.4 Å². The summed E-state index contributed by atoms with van der Waals surface area (Å²) in [5, 5.41) is 0. The van der Waals surface area contributed by atoms with Crippen LogP contribution in [-0.2, 0) is 10.0 Å². The normalized spacial score (nSPS) is 17.2. The predicted molar refractivity (Wildman–Crippen MR) is 99.5 cm³/mol. The van der Waals surface area contributed by atoms with E-state index in [0.717, 1.165) is 36.8 Å². The Balaban J connectivity index is 0.00000288. The molecule has 1 aliphatic carbocycles. The molecule has 5 nitrogen and oxygen atoms in total. The molecule has 138 valence electrons. The maximum absolute atomic E-state index is 12.9. The van der Waals surface area contributed by atoms with E-state index in [9.17, 15) is 8.42 Å². The van der Waals surface area contributed by atoms with Gasteiger partial charge in [-0.15, -0.1) is 12.4 Å². The van der Waals surface area contributed by atoms with Crippen LogP contribution in [-0.4, -0.2) is 28.1 Å². The van der Waals surface area contributed by atoms with Crippen LogP contribution >= 0.6 is 12.4 Å². The van der Waals surface area contributed by atoms with E-state index in [-0.39, 0.29) is 23.3 Å². The summed E-state index contributed by atoms with van der Waals surface area (Å²) < 4.78 is 33.9. The van der Waals surface area contributed by atoms with Crippen molar-refractivity contribution in [3.63, 3.8) is 0 Å². The minimum Gasteiger partial charge on any atom is -0.495 e. The summed E-state index contributed by atoms with van der Waals surface area (Å²) in [7, 11) is -2.17. The van der Waals surface area contributed by atoms with Gasteiger partial charge in [-0.25, -0.2) is 13.1 Å². The fourth-order valence-electron chi connectivity index (χ4n) is 3.51. The van der Waals surface area contributed by atoms with Crippen molar-refractivity contribution in [1.29, 1.82) is 0 Å². The standard InChI is InChI=1S/C17H28N2O3S.ClH/c1-12-9-13(2)17(22-3)16(10-12)23(20,21)19-15(11-18)14-7-5-4-6-8-14;/h9-10,14-15,19H,4-8,11,18H2,1-3H3;1H. The zero-order valence-corrected chi connectivity index (χ0v) is 16.3. The predicted octanol–water partition coefficient (Wildman–Crippen LogP) is 2.92. The average molecular weight is 377 g/mol. The van der Waals surface area contributed by atoms with E-state index < -0.39 is 10.0 Å². The Bertz CT molecular complexity index is 643. The summed E-state index contributed by atoms with van der Waals surface area (Å²) in [5.41, 5.74) is 7.57. The number of hydrogen-bond acceptors (Lipinski definition) is 4. The lowest BCUT2D eigenvalue weighted by atomic mass is 9.84. The van der Waals surface area contributed by atoms with Crippen LogP contribution in [0, 0.1) is 19.8 Å². The largest absolute Gasteiger partial charge is 0.495 e. The zero-order valence-electron chi connectivity index (χ0n) is 14.7. The first-order chi connectivity index (χ1) is 10.9. The molecule has 1 aromatic carbocycles. The number of nitrogens with two attached hydrogens (primary N) is 1. The fraction of sp³-hybridized carbons (Fsp3) is 0.647. The molecule has 0 spiro atoms. The minimum atomic E-state index is -3.66. The van der Waals surface area contributed by atoms with Crippen molar-refractivity contribution < 1.29 is 13.2 Å². The van der Waals surface area contributed by atoms with Crippen LogP contribution in [0.5, 0.6) is 5.75 Å². The van der Waals surface area contributed by atoms with Crippen LogP contribution in [0.1, 0.15) is 43.2 Å². The monoisotopic (exact) mass is 376 g/mol. The molecule has 3 N–H and O–H groups in total. The van der Waals surface area contributed by atoms with E-state index in [2.05, 4.69) is 4.72 Å². The van der Waals surface area contributed by atoms with Gasteiger partial charge in [-0.1, -0.05) is 25.3 Å². The van der Waals surface area contributed by atoms with Crippen molar-refractivity contribution in [2.24, 2.45) is 11.7 Å². The van der Waals surface area contributed by atoms with Gasteiger partial charge in [0.1, 0.15) is 10.6 Å². The van der Waals surface area contributed by atoms with Gasteiger partial charge >= 0.3 is 0 Å². The molecule has 0 bridgehead atoms. The average Bonchev–Trinajstić information content (AvgIpc) is 2.53. The van der Waals surface area contributed by atoms with Crippen molar-refractivity contribution >= 4 is 22.4 Å². The van der Waals surface area contributed by atoms with E-state index in [1.54, 1.807) is 6.07 Å². The molecule has 1 saturated carbocycles. The van der Waals surface area contributed by atoms with Crippen molar-refractivity contribution in [3.05, 3.63) is 23.3 Å². The molecule has 0 aliphatic heterocycles. The lowest BCUT2D eigenvalue weighted by Gasteiger charge is -2.30. The number of sulfonamides is 1. The maximum atomic E-state index is 12.9. The van der Waals surface area contributed by atoms with Crippen molar-refractivity contribution in [2.75, 3.05) is 13.7 Å². The SMILES string of the molecule is COc1c(C)cc(C)cc1S(=O)(=O)NC(CN)C1CCCCC1.Cl. The molecule has 24 heavy (non-hydrogen) atoms.